The quantitative estimate of drug-likeness (QED) is 0.803. The Morgan fingerprint density at radius 1 is 1.26 bits per heavy atom. The first kappa shape index (κ1) is 16.6. The van der Waals surface area contributed by atoms with Crippen molar-refractivity contribution in [2.75, 3.05) is 20.1 Å². The van der Waals surface area contributed by atoms with Gasteiger partial charge in [-0.3, -0.25) is 0 Å². The molecule has 0 amide bonds. The monoisotopic (exact) mass is 304 g/mol. The Morgan fingerprint density at radius 2 is 1.84 bits per heavy atom. The zero-order chi connectivity index (χ0) is 14.5. The second kappa shape index (κ2) is 7.38. The van der Waals surface area contributed by atoms with Gasteiger partial charge in [0.15, 0.2) is 0 Å². The lowest BCUT2D eigenvalue weighted by Crippen LogP contribution is -2.33. The van der Waals surface area contributed by atoms with Crippen LogP contribution in [-0.4, -0.2) is 32.9 Å². The van der Waals surface area contributed by atoms with Crippen LogP contribution in [0.15, 0.2) is 10.3 Å². The molecule has 0 unspecified atom stereocenters. The molecule has 1 aromatic heterocycles. The van der Waals surface area contributed by atoms with Crippen LogP contribution in [0.25, 0.3) is 0 Å². The maximum Gasteiger partial charge on any atom is 0.244 e. The van der Waals surface area contributed by atoms with Gasteiger partial charge < -0.3 is 5.32 Å². The highest BCUT2D eigenvalue weighted by atomic mass is 32.2. The highest BCUT2D eigenvalue weighted by Gasteiger charge is 2.28. The van der Waals surface area contributed by atoms with Gasteiger partial charge in [-0.05, 0) is 37.8 Å². The van der Waals surface area contributed by atoms with Gasteiger partial charge in [-0.15, -0.1) is 11.3 Å². The van der Waals surface area contributed by atoms with E-state index in [-0.39, 0.29) is 0 Å². The van der Waals surface area contributed by atoms with Gasteiger partial charge in [0, 0.05) is 24.5 Å². The second-order valence-corrected chi connectivity index (χ2v) is 7.44. The molecule has 0 radical (unpaired) electrons. The van der Waals surface area contributed by atoms with E-state index in [4.69, 9.17) is 0 Å². The van der Waals surface area contributed by atoms with Crippen molar-refractivity contribution in [2.24, 2.45) is 0 Å². The molecule has 1 N–H and O–H groups in total. The van der Waals surface area contributed by atoms with Crippen LogP contribution < -0.4 is 5.32 Å². The lowest BCUT2D eigenvalue weighted by molar-refractivity contribution is 0.409. The Morgan fingerprint density at radius 3 is 2.32 bits per heavy atom. The number of thiophene rings is 1. The third-order valence-corrected chi connectivity index (χ3v) is 6.23. The molecular formula is C13H24N2O2S2. The molecule has 0 aromatic carbocycles. The van der Waals surface area contributed by atoms with Crippen LogP contribution in [0.5, 0.6) is 0 Å². The minimum atomic E-state index is -3.36. The van der Waals surface area contributed by atoms with Crippen LogP contribution >= 0.6 is 11.3 Å². The molecule has 1 rings (SSSR count). The first-order chi connectivity index (χ1) is 8.98. The van der Waals surface area contributed by atoms with E-state index < -0.39 is 10.0 Å². The van der Waals surface area contributed by atoms with Crippen LogP contribution in [-0.2, 0) is 16.6 Å². The molecule has 110 valence electrons. The molecule has 0 bridgehead atoms. The molecule has 0 aliphatic carbocycles. The summed E-state index contributed by atoms with van der Waals surface area (Å²) in [5.41, 5.74) is 0.854. The fraction of sp³-hybridized carbons (Fsp3) is 0.692. The predicted octanol–water partition coefficient (Wildman–Crippen LogP) is 2.59. The largest absolute Gasteiger partial charge is 0.315 e. The average molecular weight is 304 g/mol. The minimum Gasteiger partial charge on any atom is -0.315 e. The van der Waals surface area contributed by atoms with Crippen molar-refractivity contribution in [2.45, 2.75) is 45.1 Å². The van der Waals surface area contributed by atoms with Gasteiger partial charge in [0.2, 0.25) is 10.0 Å². The molecule has 6 heteroatoms. The standard InChI is InChI=1S/C13H24N2O2S2/c1-5-7-15(8-6-2)19(16,17)13-11(3)10-18-12(13)9-14-4/h10,14H,5-9H2,1-4H3. The van der Waals surface area contributed by atoms with Crippen molar-refractivity contribution < 1.29 is 8.42 Å². The van der Waals surface area contributed by atoms with Gasteiger partial charge in [-0.2, -0.15) is 4.31 Å². The second-order valence-electron chi connectivity index (χ2n) is 4.61. The van der Waals surface area contributed by atoms with E-state index in [1.807, 2.05) is 33.2 Å². The number of nitrogens with zero attached hydrogens (tertiary/aromatic N) is 1. The highest BCUT2D eigenvalue weighted by molar-refractivity contribution is 7.89. The summed E-state index contributed by atoms with van der Waals surface area (Å²) in [7, 11) is -1.53. The van der Waals surface area contributed by atoms with Crippen molar-refractivity contribution in [3.63, 3.8) is 0 Å². The first-order valence-corrected chi connectivity index (χ1v) is 9.02. The van der Waals surface area contributed by atoms with E-state index in [0.717, 1.165) is 23.3 Å². The van der Waals surface area contributed by atoms with Crippen molar-refractivity contribution in [3.8, 4) is 0 Å². The molecule has 0 fully saturated rings. The van der Waals surface area contributed by atoms with Crippen molar-refractivity contribution in [1.82, 2.24) is 9.62 Å². The normalized spacial score (nSPS) is 12.3. The van der Waals surface area contributed by atoms with Gasteiger partial charge in [-0.1, -0.05) is 13.8 Å². The SMILES string of the molecule is CCCN(CCC)S(=O)(=O)c1c(C)csc1CNC. The summed E-state index contributed by atoms with van der Waals surface area (Å²) < 4.78 is 27.2. The molecule has 0 spiro atoms. The Labute approximate surface area is 120 Å². The van der Waals surface area contributed by atoms with Crippen LogP contribution in [0.2, 0.25) is 0 Å². The molecule has 19 heavy (non-hydrogen) atoms. The van der Waals surface area contributed by atoms with E-state index in [1.165, 1.54) is 11.3 Å². The van der Waals surface area contributed by atoms with Gasteiger partial charge >= 0.3 is 0 Å². The maximum atomic E-state index is 12.8. The van der Waals surface area contributed by atoms with Crippen molar-refractivity contribution in [3.05, 3.63) is 15.8 Å². The zero-order valence-electron chi connectivity index (χ0n) is 12.2. The predicted molar refractivity (Wildman–Crippen MR) is 81.2 cm³/mol. The van der Waals surface area contributed by atoms with Gasteiger partial charge in [0.25, 0.3) is 0 Å². The smallest absolute Gasteiger partial charge is 0.244 e. The summed E-state index contributed by atoms with van der Waals surface area (Å²) in [4.78, 5) is 1.41. The Kier molecular flexibility index (Phi) is 6.46. The van der Waals surface area contributed by atoms with Gasteiger partial charge in [0.05, 0.1) is 0 Å². The lowest BCUT2D eigenvalue weighted by atomic mass is 10.3. The molecule has 0 aliphatic rings. The van der Waals surface area contributed by atoms with Crippen LogP contribution in [0, 0.1) is 6.92 Å². The number of rotatable bonds is 8. The summed E-state index contributed by atoms with van der Waals surface area (Å²) in [6.07, 6.45) is 1.67. The summed E-state index contributed by atoms with van der Waals surface area (Å²) in [5.74, 6) is 0. The highest BCUT2D eigenvalue weighted by Crippen LogP contribution is 2.29. The van der Waals surface area contributed by atoms with Crippen LogP contribution in [0.3, 0.4) is 0 Å². The summed E-state index contributed by atoms with van der Waals surface area (Å²) in [5, 5.41) is 4.97. The average Bonchev–Trinajstić information content (AvgIpc) is 2.71. The lowest BCUT2D eigenvalue weighted by Gasteiger charge is -2.22. The van der Waals surface area contributed by atoms with Gasteiger partial charge in [0.1, 0.15) is 4.90 Å². The fourth-order valence-electron chi connectivity index (χ4n) is 2.10. The topological polar surface area (TPSA) is 49.4 Å². The minimum absolute atomic E-state index is 0.508. The fourth-order valence-corrected chi connectivity index (χ4v) is 5.49. The third-order valence-electron chi connectivity index (χ3n) is 2.87. The summed E-state index contributed by atoms with van der Waals surface area (Å²) in [6.45, 7) is 7.66. The number of sulfonamides is 1. The molecule has 0 saturated heterocycles. The molecule has 1 heterocycles. The Balaban J connectivity index is 3.20. The van der Waals surface area contributed by atoms with E-state index in [0.29, 0.717) is 24.5 Å². The zero-order valence-corrected chi connectivity index (χ0v) is 13.8. The molecule has 0 atom stereocenters. The summed E-state index contributed by atoms with van der Waals surface area (Å²) >= 11 is 1.51. The first-order valence-electron chi connectivity index (χ1n) is 6.70. The van der Waals surface area contributed by atoms with Crippen LogP contribution in [0.1, 0.15) is 37.1 Å². The van der Waals surface area contributed by atoms with Crippen LogP contribution in [0.4, 0.5) is 0 Å². The number of nitrogens with one attached hydrogen (secondary N) is 1. The Bertz CT molecular complexity index is 489. The van der Waals surface area contributed by atoms with E-state index in [2.05, 4.69) is 5.32 Å². The molecule has 0 aliphatic heterocycles. The van der Waals surface area contributed by atoms with Crippen molar-refractivity contribution in [1.29, 1.82) is 0 Å². The molecule has 4 nitrogen and oxygen atoms in total. The number of hydrogen-bond acceptors (Lipinski definition) is 4. The van der Waals surface area contributed by atoms with Crippen molar-refractivity contribution >= 4 is 21.4 Å². The number of hydrogen-bond donors (Lipinski definition) is 1. The number of aryl methyl sites for hydroxylation is 1. The maximum absolute atomic E-state index is 12.8. The summed E-state index contributed by atoms with van der Waals surface area (Å²) in [6, 6.07) is 0. The van der Waals surface area contributed by atoms with Gasteiger partial charge in [-0.25, -0.2) is 8.42 Å². The van der Waals surface area contributed by atoms with E-state index in [9.17, 15) is 8.42 Å². The molecule has 1 aromatic rings. The van der Waals surface area contributed by atoms with E-state index >= 15 is 0 Å². The van der Waals surface area contributed by atoms with E-state index in [1.54, 1.807) is 4.31 Å². The molecule has 0 saturated carbocycles. The Hall–Kier alpha value is -0.430. The third kappa shape index (κ3) is 3.78. The molecular weight excluding hydrogens is 280 g/mol.